The highest BCUT2D eigenvalue weighted by molar-refractivity contribution is 6.31. The molecule has 0 aliphatic rings. The number of benzene rings is 2. The number of nitrogens with one attached hydrogen (secondary N) is 1. The van der Waals surface area contributed by atoms with Crippen LogP contribution in [0.15, 0.2) is 36.4 Å². The first-order valence-corrected chi connectivity index (χ1v) is 7.62. The number of hydrogen-bond donors (Lipinski definition) is 2. The fraction of sp³-hybridized carbons (Fsp3) is 0.176. The molecule has 0 aromatic heterocycles. The number of esters is 1. The maximum atomic E-state index is 13.7. The van der Waals surface area contributed by atoms with Gasteiger partial charge in [0.2, 0.25) is 0 Å². The fourth-order valence-corrected chi connectivity index (χ4v) is 2.30. The van der Waals surface area contributed by atoms with E-state index in [1.165, 1.54) is 31.2 Å². The van der Waals surface area contributed by atoms with Crippen LogP contribution in [-0.4, -0.2) is 18.5 Å². The van der Waals surface area contributed by atoms with E-state index in [9.17, 15) is 18.4 Å². The van der Waals surface area contributed by atoms with Crippen LogP contribution in [0, 0.1) is 11.6 Å². The van der Waals surface area contributed by atoms with Gasteiger partial charge in [0.15, 0.2) is 6.61 Å². The number of halogens is 3. The Morgan fingerprint density at radius 1 is 1.24 bits per heavy atom. The van der Waals surface area contributed by atoms with E-state index in [1.807, 2.05) is 0 Å². The Labute approximate surface area is 147 Å². The minimum Gasteiger partial charge on any atom is -0.452 e. The molecule has 1 amide bonds. The maximum absolute atomic E-state index is 13.7. The molecule has 3 N–H and O–H groups in total. The first-order valence-electron chi connectivity index (χ1n) is 7.24. The number of amides is 1. The van der Waals surface area contributed by atoms with Gasteiger partial charge >= 0.3 is 5.97 Å². The summed E-state index contributed by atoms with van der Waals surface area (Å²) in [5.41, 5.74) is 5.96. The SMILES string of the molecule is CC(NC(=O)COC(=O)c1cc(Cl)ccc1N)c1ccc(F)cc1F. The van der Waals surface area contributed by atoms with Gasteiger partial charge in [0.25, 0.3) is 5.91 Å². The molecule has 0 aliphatic heterocycles. The third-order valence-electron chi connectivity index (χ3n) is 3.38. The third-order valence-corrected chi connectivity index (χ3v) is 3.61. The van der Waals surface area contributed by atoms with Gasteiger partial charge in [-0.1, -0.05) is 17.7 Å². The molecule has 0 bridgehead atoms. The van der Waals surface area contributed by atoms with Gasteiger partial charge in [-0.05, 0) is 31.2 Å². The second kappa shape index (κ2) is 7.94. The minimum absolute atomic E-state index is 0.0397. The average molecular weight is 369 g/mol. The summed E-state index contributed by atoms with van der Waals surface area (Å²) in [6.45, 7) is 0.933. The molecular formula is C17H15ClF2N2O3. The second-order valence-corrected chi connectivity index (χ2v) is 5.70. The van der Waals surface area contributed by atoms with Gasteiger partial charge in [-0.25, -0.2) is 13.6 Å². The quantitative estimate of drug-likeness (QED) is 0.627. The molecule has 5 nitrogen and oxygen atoms in total. The van der Waals surface area contributed by atoms with Crippen LogP contribution in [0.2, 0.25) is 5.02 Å². The van der Waals surface area contributed by atoms with Crippen molar-refractivity contribution in [2.45, 2.75) is 13.0 Å². The molecule has 2 aromatic rings. The van der Waals surface area contributed by atoms with Crippen LogP contribution in [0.4, 0.5) is 14.5 Å². The van der Waals surface area contributed by atoms with Crippen molar-refractivity contribution >= 4 is 29.2 Å². The molecule has 1 unspecified atom stereocenters. The standard InChI is InChI=1S/C17H15ClF2N2O3/c1-9(12-4-3-11(19)7-14(12)20)22-16(23)8-25-17(24)13-6-10(18)2-5-15(13)21/h2-7,9H,8,21H2,1H3,(H,22,23). The highest BCUT2D eigenvalue weighted by atomic mass is 35.5. The van der Waals surface area contributed by atoms with Crippen molar-refractivity contribution in [1.29, 1.82) is 0 Å². The lowest BCUT2D eigenvalue weighted by Crippen LogP contribution is -2.31. The molecule has 2 rings (SSSR count). The first-order chi connectivity index (χ1) is 11.8. The van der Waals surface area contributed by atoms with Crippen molar-refractivity contribution in [2.75, 3.05) is 12.3 Å². The highest BCUT2D eigenvalue weighted by Crippen LogP contribution is 2.19. The zero-order valence-corrected chi connectivity index (χ0v) is 13.9. The molecule has 0 spiro atoms. The number of carbonyl (C=O) groups excluding carboxylic acids is 2. The Hall–Kier alpha value is -2.67. The van der Waals surface area contributed by atoms with Crippen LogP contribution in [-0.2, 0) is 9.53 Å². The monoisotopic (exact) mass is 368 g/mol. The summed E-state index contributed by atoms with van der Waals surface area (Å²) < 4.78 is 31.4. The second-order valence-electron chi connectivity index (χ2n) is 5.26. The van der Waals surface area contributed by atoms with Crippen LogP contribution in [0.1, 0.15) is 28.9 Å². The predicted molar refractivity (Wildman–Crippen MR) is 89.1 cm³/mol. The van der Waals surface area contributed by atoms with Gasteiger partial charge < -0.3 is 15.8 Å². The summed E-state index contributed by atoms with van der Waals surface area (Å²) in [7, 11) is 0. The van der Waals surface area contributed by atoms with Gasteiger partial charge in [-0.2, -0.15) is 0 Å². The number of carbonyl (C=O) groups is 2. The van der Waals surface area contributed by atoms with Crippen LogP contribution in [0.25, 0.3) is 0 Å². The molecule has 132 valence electrons. The van der Waals surface area contributed by atoms with E-state index in [1.54, 1.807) is 0 Å². The molecule has 1 atom stereocenters. The molecule has 25 heavy (non-hydrogen) atoms. The molecule has 0 saturated carbocycles. The molecule has 0 heterocycles. The Kier molecular flexibility index (Phi) is 5.93. The summed E-state index contributed by atoms with van der Waals surface area (Å²) in [4.78, 5) is 23.8. The number of rotatable bonds is 5. The number of ether oxygens (including phenoxy) is 1. The van der Waals surface area contributed by atoms with Crippen molar-refractivity contribution < 1.29 is 23.1 Å². The van der Waals surface area contributed by atoms with Gasteiger partial charge in [0, 0.05) is 22.3 Å². The van der Waals surface area contributed by atoms with Crippen molar-refractivity contribution in [1.82, 2.24) is 5.32 Å². The lowest BCUT2D eigenvalue weighted by Gasteiger charge is -2.15. The van der Waals surface area contributed by atoms with Crippen molar-refractivity contribution in [2.24, 2.45) is 0 Å². The Morgan fingerprint density at radius 2 is 1.96 bits per heavy atom. The average Bonchev–Trinajstić information content (AvgIpc) is 2.54. The number of nitrogen functional groups attached to an aromatic ring is 1. The largest absolute Gasteiger partial charge is 0.452 e. The van der Waals surface area contributed by atoms with E-state index in [2.05, 4.69) is 5.32 Å². The van der Waals surface area contributed by atoms with Crippen molar-refractivity contribution in [3.05, 3.63) is 64.2 Å². The van der Waals surface area contributed by atoms with E-state index in [0.29, 0.717) is 5.02 Å². The molecule has 0 fully saturated rings. The van der Waals surface area contributed by atoms with Crippen molar-refractivity contribution in [3.63, 3.8) is 0 Å². The van der Waals surface area contributed by atoms with E-state index >= 15 is 0 Å². The molecule has 0 aliphatic carbocycles. The smallest absolute Gasteiger partial charge is 0.340 e. The van der Waals surface area contributed by atoms with E-state index in [-0.39, 0.29) is 16.8 Å². The fourth-order valence-electron chi connectivity index (χ4n) is 2.13. The Morgan fingerprint density at radius 3 is 2.64 bits per heavy atom. The van der Waals surface area contributed by atoms with Gasteiger partial charge in [0.1, 0.15) is 11.6 Å². The molecular weight excluding hydrogens is 354 g/mol. The topological polar surface area (TPSA) is 81.4 Å². The lowest BCUT2D eigenvalue weighted by atomic mass is 10.1. The van der Waals surface area contributed by atoms with Crippen LogP contribution in [0.5, 0.6) is 0 Å². The van der Waals surface area contributed by atoms with Gasteiger partial charge in [-0.3, -0.25) is 4.79 Å². The van der Waals surface area contributed by atoms with Crippen LogP contribution < -0.4 is 11.1 Å². The normalized spacial score (nSPS) is 11.7. The molecule has 0 saturated heterocycles. The summed E-state index contributed by atoms with van der Waals surface area (Å²) in [5.74, 6) is -2.95. The summed E-state index contributed by atoms with van der Waals surface area (Å²) in [6.07, 6.45) is 0. The third kappa shape index (κ3) is 4.90. The highest BCUT2D eigenvalue weighted by Gasteiger charge is 2.17. The van der Waals surface area contributed by atoms with Crippen LogP contribution in [0.3, 0.4) is 0 Å². The Bertz CT molecular complexity index is 814. The van der Waals surface area contributed by atoms with Gasteiger partial charge in [0.05, 0.1) is 11.6 Å². The van der Waals surface area contributed by atoms with E-state index in [4.69, 9.17) is 22.1 Å². The number of hydrogen-bond acceptors (Lipinski definition) is 4. The number of anilines is 1. The zero-order valence-electron chi connectivity index (χ0n) is 13.2. The van der Waals surface area contributed by atoms with E-state index in [0.717, 1.165) is 12.1 Å². The van der Waals surface area contributed by atoms with Gasteiger partial charge in [-0.15, -0.1) is 0 Å². The van der Waals surface area contributed by atoms with Crippen LogP contribution >= 0.6 is 11.6 Å². The summed E-state index contributed by atoms with van der Waals surface area (Å²) >= 11 is 5.78. The van der Waals surface area contributed by atoms with E-state index < -0.39 is 36.2 Å². The maximum Gasteiger partial charge on any atom is 0.340 e. The van der Waals surface area contributed by atoms with Crippen molar-refractivity contribution in [3.8, 4) is 0 Å². The predicted octanol–water partition coefficient (Wildman–Crippen LogP) is 3.23. The lowest BCUT2D eigenvalue weighted by molar-refractivity contribution is -0.124. The summed E-state index contributed by atoms with van der Waals surface area (Å²) in [6, 6.07) is 6.59. The minimum atomic E-state index is -0.809. The molecule has 0 radical (unpaired) electrons. The zero-order chi connectivity index (χ0) is 18.6. The first kappa shape index (κ1) is 18.7. The molecule has 8 heteroatoms. The number of nitrogens with two attached hydrogens (primary N) is 1. The molecule has 2 aromatic carbocycles. The Balaban J connectivity index is 1.94. The summed E-state index contributed by atoms with van der Waals surface area (Å²) in [5, 5.41) is 2.75.